The maximum atomic E-state index is 13.1. The number of rotatable bonds is 6. The summed E-state index contributed by atoms with van der Waals surface area (Å²) in [5, 5.41) is 11.0. The van der Waals surface area contributed by atoms with E-state index in [2.05, 4.69) is 15.5 Å². The van der Waals surface area contributed by atoms with Gasteiger partial charge in [0.05, 0.1) is 18.9 Å². The Bertz CT molecular complexity index is 767. The van der Waals surface area contributed by atoms with Crippen LogP contribution in [0.1, 0.15) is 23.7 Å². The van der Waals surface area contributed by atoms with E-state index in [0.29, 0.717) is 11.6 Å². The summed E-state index contributed by atoms with van der Waals surface area (Å²) in [6.07, 6.45) is 0. The normalized spacial score (nSPS) is 17.1. The van der Waals surface area contributed by atoms with Crippen molar-refractivity contribution in [3.05, 3.63) is 41.5 Å². The molecule has 0 radical (unpaired) electrons. The van der Waals surface area contributed by atoms with Gasteiger partial charge in [-0.25, -0.2) is 9.07 Å². The van der Waals surface area contributed by atoms with Crippen molar-refractivity contribution in [2.45, 2.75) is 25.4 Å². The molecule has 1 saturated heterocycles. The number of tetrazole rings is 1. The fourth-order valence-corrected chi connectivity index (χ4v) is 3.66. The van der Waals surface area contributed by atoms with Gasteiger partial charge in [0.1, 0.15) is 17.7 Å². The van der Waals surface area contributed by atoms with Crippen LogP contribution in [0.15, 0.2) is 24.3 Å². The van der Waals surface area contributed by atoms with Crippen LogP contribution in [0.25, 0.3) is 0 Å². The van der Waals surface area contributed by atoms with E-state index in [9.17, 15) is 14.0 Å². The number of hydrogen-bond donors (Lipinski definition) is 0. The third kappa shape index (κ3) is 3.95. The highest BCUT2D eigenvalue weighted by atomic mass is 32.2. The van der Waals surface area contributed by atoms with Gasteiger partial charge in [-0.15, -0.1) is 16.9 Å². The largest absolute Gasteiger partial charge is 0.465 e. The summed E-state index contributed by atoms with van der Waals surface area (Å²) >= 11 is 1.45. The second kappa shape index (κ2) is 7.60. The summed E-state index contributed by atoms with van der Waals surface area (Å²) in [5.74, 6) is -0.140. The van der Waals surface area contributed by atoms with Crippen LogP contribution in [0.4, 0.5) is 4.39 Å². The molecule has 1 unspecified atom stereocenters. The topological polar surface area (TPSA) is 90.2 Å². The summed E-state index contributed by atoms with van der Waals surface area (Å²) < 4.78 is 19.3. The SMILES string of the molecule is CCOC(=O)Cn1nnnc1CN1C(=O)CSC1c1ccc(F)cc1. The van der Waals surface area contributed by atoms with Crippen molar-refractivity contribution in [2.75, 3.05) is 12.4 Å². The van der Waals surface area contributed by atoms with Crippen molar-refractivity contribution in [2.24, 2.45) is 0 Å². The molecular formula is C15H16FN5O3S. The molecule has 0 spiro atoms. The van der Waals surface area contributed by atoms with E-state index >= 15 is 0 Å². The number of hydrogen-bond acceptors (Lipinski definition) is 7. The van der Waals surface area contributed by atoms with Gasteiger partial charge in [-0.3, -0.25) is 9.59 Å². The molecule has 1 fully saturated rings. The monoisotopic (exact) mass is 365 g/mol. The van der Waals surface area contributed by atoms with Gasteiger partial charge in [-0.1, -0.05) is 12.1 Å². The molecule has 0 N–H and O–H groups in total. The summed E-state index contributed by atoms with van der Waals surface area (Å²) in [6.45, 7) is 2.02. The van der Waals surface area contributed by atoms with Crippen LogP contribution in [0.5, 0.6) is 0 Å². The Morgan fingerprint density at radius 3 is 2.88 bits per heavy atom. The molecule has 1 aliphatic rings. The molecule has 10 heteroatoms. The lowest BCUT2D eigenvalue weighted by Crippen LogP contribution is -2.30. The summed E-state index contributed by atoms with van der Waals surface area (Å²) in [6, 6.07) is 6.03. The predicted octanol–water partition coefficient (Wildman–Crippen LogP) is 1.15. The van der Waals surface area contributed by atoms with Crippen LogP contribution in [0, 0.1) is 5.82 Å². The third-order valence-electron chi connectivity index (χ3n) is 3.63. The highest BCUT2D eigenvalue weighted by Gasteiger charge is 2.34. The van der Waals surface area contributed by atoms with E-state index in [0.717, 1.165) is 5.56 Å². The maximum absolute atomic E-state index is 13.1. The van der Waals surface area contributed by atoms with E-state index in [1.165, 1.54) is 28.6 Å². The van der Waals surface area contributed by atoms with E-state index in [1.807, 2.05) is 0 Å². The number of nitrogens with zero attached hydrogens (tertiary/aromatic N) is 5. The number of esters is 1. The van der Waals surface area contributed by atoms with Gasteiger partial charge in [0, 0.05) is 0 Å². The number of halogens is 1. The standard InChI is InChI=1S/C15H16FN5O3S/c1-2-24-14(23)8-21-12(17-18-19-21)7-20-13(22)9-25-15(20)10-3-5-11(16)6-4-10/h3-6,15H,2,7-9H2,1H3. The second-order valence-electron chi connectivity index (χ2n) is 5.29. The highest BCUT2D eigenvalue weighted by molar-refractivity contribution is 8.00. The molecule has 3 rings (SSSR count). The first-order valence-electron chi connectivity index (χ1n) is 7.65. The van der Waals surface area contributed by atoms with Crippen molar-refractivity contribution in [1.82, 2.24) is 25.1 Å². The molecule has 2 heterocycles. The van der Waals surface area contributed by atoms with Crippen LogP contribution in [0.3, 0.4) is 0 Å². The molecule has 1 aromatic heterocycles. The Morgan fingerprint density at radius 1 is 1.40 bits per heavy atom. The number of amides is 1. The van der Waals surface area contributed by atoms with Gasteiger partial charge in [-0.2, -0.15) is 0 Å². The lowest BCUT2D eigenvalue weighted by molar-refractivity contribution is -0.144. The predicted molar refractivity (Wildman–Crippen MR) is 86.6 cm³/mol. The molecule has 0 bridgehead atoms. The minimum Gasteiger partial charge on any atom is -0.465 e. The maximum Gasteiger partial charge on any atom is 0.327 e. The number of aromatic nitrogens is 4. The van der Waals surface area contributed by atoms with E-state index in [-0.39, 0.29) is 36.8 Å². The second-order valence-corrected chi connectivity index (χ2v) is 6.36. The van der Waals surface area contributed by atoms with Gasteiger partial charge in [0.25, 0.3) is 0 Å². The van der Waals surface area contributed by atoms with Crippen molar-refractivity contribution < 1.29 is 18.7 Å². The molecule has 25 heavy (non-hydrogen) atoms. The summed E-state index contributed by atoms with van der Waals surface area (Å²) in [5.41, 5.74) is 0.821. The molecular weight excluding hydrogens is 349 g/mol. The highest BCUT2D eigenvalue weighted by Crippen LogP contribution is 2.39. The first-order valence-corrected chi connectivity index (χ1v) is 8.70. The molecule has 1 amide bonds. The van der Waals surface area contributed by atoms with Gasteiger partial charge in [0.2, 0.25) is 5.91 Å². The lowest BCUT2D eigenvalue weighted by atomic mass is 10.2. The van der Waals surface area contributed by atoms with Crippen molar-refractivity contribution in [1.29, 1.82) is 0 Å². The molecule has 1 aliphatic heterocycles. The molecule has 1 atom stereocenters. The summed E-state index contributed by atoms with van der Waals surface area (Å²) in [7, 11) is 0. The molecule has 0 aliphatic carbocycles. The Hall–Kier alpha value is -2.49. The van der Waals surface area contributed by atoms with Crippen molar-refractivity contribution in [3.63, 3.8) is 0 Å². The van der Waals surface area contributed by atoms with Crippen molar-refractivity contribution in [3.8, 4) is 0 Å². The first kappa shape index (κ1) is 17.3. The number of ether oxygens (including phenoxy) is 1. The van der Waals surface area contributed by atoms with E-state index < -0.39 is 5.97 Å². The molecule has 2 aromatic rings. The molecule has 132 valence electrons. The lowest BCUT2D eigenvalue weighted by Gasteiger charge is -2.23. The molecule has 1 aromatic carbocycles. The third-order valence-corrected chi connectivity index (χ3v) is 4.88. The van der Waals surface area contributed by atoms with E-state index in [1.54, 1.807) is 24.0 Å². The van der Waals surface area contributed by atoms with Gasteiger partial charge >= 0.3 is 5.97 Å². The number of thioether (sulfide) groups is 1. The Kier molecular flexibility index (Phi) is 5.27. The van der Waals surface area contributed by atoms with Gasteiger partial charge < -0.3 is 9.64 Å². The number of benzene rings is 1. The van der Waals surface area contributed by atoms with Crippen LogP contribution in [0.2, 0.25) is 0 Å². The average molecular weight is 365 g/mol. The number of carbonyl (C=O) groups excluding carboxylic acids is 2. The fraction of sp³-hybridized carbons (Fsp3) is 0.400. The van der Waals surface area contributed by atoms with Crippen molar-refractivity contribution >= 4 is 23.6 Å². The Morgan fingerprint density at radius 2 is 2.16 bits per heavy atom. The molecule has 8 nitrogen and oxygen atoms in total. The smallest absolute Gasteiger partial charge is 0.327 e. The average Bonchev–Trinajstić information content (AvgIpc) is 3.17. The van der Waals surface area contributed by atoms with Gasteiger partial charge in [-0.05, 0) is 35.0 Å². The zero-order chi connectivity index (χ0) is 17.8. The van der Waals surface area contributed by atoms with E-state index in [4.69, 9.17) is 4.74 Å². The first-order chi connectivity index (χ1) is 12.1. The van der Waals surface area contributed by atoms with Crippen LogP contribution in [-0.4, -0.2) is 49.3 Å². The fourth-order valence-electron chi connectivity index (χ4n) is 2.47. The quantitative estimate of drug-likeness (QED) is 0.709. The van der Waals surface area contributed by atoms with Crippen LogP contribution >= 0.6 is 11.8 Å². The van der Waals surface area contributed by atoms with Gasteiger partial charge in [0.15, 0.2) is 5.82 Å². The zero-order valence-electron chi connectivity index (χ0n) is 13.5. The minimum atomic E-state index is -0.451. The Balaban J connectivity index is 1.76. The summed E-state index contributed by atoms with van der Waals surface area (Å²) in [4.78, 5) is 25.5. The van der Waals surface area contributed by atoms with Crippen LogP contribution in [-0.2, 0) is 27.4 Å². The zero-order valence-corrected chi connectivity index (χ0v) is 14.3. The minimum absolute atomic E-state index is 0.0648. The molecule has 0 saturated carbocycles. The Labute approximate surface area is 147 Å². The number of carbonyl (C=O) groups is 2. The van der Waals surface area contributed by atoms with Crippen LogP contribution < -0.4 is 0 Å².